The number of ether oxygens (including phenoxy) is 1. The van der Waals surface area contributed by atoms with Crippen molar-refractivity contribution in [3.8, 4) is 10.6 Å². The highest BCUT2D eigenvalue weighted by Crippen LogP contribution is 2.36. The van der Waals surface area contributed by atoms with Gasteiger partial charge in [0, 0.05) is 16.6 Å². The summed E-state index contributed by atoms with van der Waals surface area (Å²) in [5, 5.41) is 16.8. The number of carbonyl (C=O) groups is 3. The van der Waals surface area contributed by atoms with Gasteiger partial charge in [0.2, 0.25) is 0 Å². The van der Waals surface area contributed by atoms with Crippen molar-refractivity contribution in [2.45, 2.75) is 71.3 Å². The summed E-state index contributed by atoms with van der Waals surface area (Å²) >= 11 is 1.26. The molecule has 11 heteroatoms. The van der Waals surface area contributed by atoms with Crippen LogP contribution in [0.1, 0.15) is 52.0 Å². The molecular weight excluding hydrogens is 486 g/mol. The fourth-order valence-corrected chi connectivity index (χ4v) is 4.37. The number of carbonyl (C=O) groups excluding carboxylic acids is 2. The number of amides is 2. The Labute approximate surface area is 211 Å². The van der Waals surface area contributed by atoms with Crippen LogP contribution < -0.4 is 10.6 Å². The molecule has 0 bridgehead atoms. The smallest absolute Gasteiger partial charge is 0.412 e. The van der Waals surface area contributed by atoms with Crippen molar-refractivity contribution in [2.24, 2.45) is 0 Å². The van der Waals surface area contributed by atoms with Crippen LogP contribution in [0.15, 0.2) is 29.6 Å². The van der Waals surface area contributed by atoms with Crippen LogP contribution in [0, 0.1) is 0 Å². The second-order valence-corrected chi connectivity index (χ2v) is 16.3. The summed E-state index contributed by atoms with van der Waals surface area (Å²) in [7, 11) is -2.17. The van der Waals surface area contributed by atoms with Gasteiger partial charge in [-0.2, -0.15) is 0 Å². The molecule has 2 aromatic rings. The van der Waals surface area contributed by atoms with Crippen LogP contribution >= 0.6 is 11.3 Å². The van der Waals surface area contributed by atoms with Crippen molar-refractivity contribution in [1.29, 1.82) is 0 Å². The molecule has 1 aromatic carbocycles. The third kappa shape index (κ3) is 8.44. The van der Waals surface area contributed by atoms with Crippen LogP contribution in [-0.4, -0.2) is 54.6 Å². The van der Waals surface area contributed by atoms with E-state index in [-0.39, 0.29) is 17.3 Å². The number of aromatic nitrogens is 1. The molecule has 0 fully saturated rings. The Balaban J connectivity index is 2.03. The number of rotatable bonds is 8. The van der Waals surface area contributed by atoms with Crippen LogP contribution in [0.3, 0.4) is 0 Å². The third-order valence-electron chi connectivity index (χ3n) is 5.53. The topological polar surface area (TPSA) is 127 Å². The first kappa shape index (κ1) is 28.5. The summed E-state index contributed by atoms with van der Waals surface area (Å²) in [5.41, 5.74) is 0.834. The Hall–Kier alpha value is -2.76. The van der Waals surface area contributed by atoms with Gasteiger partial charge in [0.25, 0.3) is 5.91 Å². The van der Waals surface area contributed by atoms with Crippen molar-refractivity contribution >= 4 is 43.3 Å². The normalized spacial score (nSPS) is 13.1. The van der Waals surface area contributed by atoms with Crippen molar-refractivity contribution in [3.05, 3.63) is 35.3 Å². The molecular formula is C24H35N3O6SSi. The molecule has 0 unspecified atom stereocenters. The fourth-order valence-electron chi connectivity index (χ4n) is 2.54. The lowest BCUT2D eigenvalue weighted by Crippen LogP contribution is -2.49. The second-order valence-electron chi connectivity index (χ2n) is 10.7. The van der Waals surface area contributed by atoms with Crippen LogP contribution in [-0.2, 0) is 14.0 Å². The first-order chi connectivity index (χ1) is 16.0. The summed E-state index contributed by atoms with van der Waals surface area (Å²) in [6.07, 6.45) is -0.552. The molecule has 9 nitrogen and oxygen atoms in total. The Kier molecular flexibility index (Phi) is 8.85. The molecule has 1 heterocycles. The number of nitrogens with zero attached hydrogens (tertiary/aromatic N) is 1. The van der Waals surface area contributed by atoms with Crippen molar-refractivity contribution in [1.82, 2.24) is 10.3 Å². The molecule has 3 N–H and O–H groups in total. The molecule has 0 aliphatic heterocycles. The maximum Gasteiger partial charge on any atom is 0.412 e. The second kappa shape index (κ2) is 10.9. The van der Waals surface area contributed by atoms with Gasteiger partial charge >= 0.3 is 12.1 Å². The highest BCUT2D eigenvalue weighted by Gasteiger charge is 2.38. The molecule has 35 heavy (non-hydrogen) atoms. The quantitative estimate of drug-likeness (QED) is 0.399. The zero-order chi connectivity index (χ0) is 26.6. The number of thiazole rings is 1. The minimum atomic E-state index is -2.17. The SMILES string of the molecule is CC(C)(C)OC(=O)Nc1ccc(-c2nc(C(=O)N[C@@H](CO[Si](C)(C)C(C)(C)C)C(=O)O)cs2)cc1. The van der Waals surface area contributed by atoms with E-state index in [0.717, 1.165) is 5.56 Å². The van der Waals surface area contributed by atoms with Crippen LogP contribution in [0.25, 0.3) is 10.6 Å². The lowest BCUT2D eigenvalue weighted by molar-refractivity contribution is -0.140. The summed E-state index contributed by atoms with van der Waals surface area (Å²) in [4.78, 5) is 40.6. The van der Waals surface area contributed by atoms with E-state index >= 15 is 0 Å². The Morgan fingerprint density at radius 1 is 1.09 bits per heavy atom. The standard InChI is InChI=1S/C24H35N3O6SSi/c1-23(2,3)33-22(31)25-16-11-9-15(10-12-16)20-27-18(14-34-20)19(28)26-17(21(29)30)13-32-35(7,8)24(4,5)6/h9-12,14,17H,13H2,1-8H3,(H,25,31)(H,26,28)(H,29,30)/t17-/m0/s1. The van der Waals surface area contributed by atoms with Gasteiger partial charge in [-0.05, 0) is 63.2 Å². The largest absolute Gasteiger partial charge is 0.480 e. The van der Waals surface area contributed by atoms with E-state index in [1.165, 1.54) is 11.3 Å². The summed E-state index contributed by atoms with van der Waals surface area (Å²) in [5.74, 6) is -1.75. The monoisotopic (exact) mass is 521 g/mol. The first-order valence-corrected chi connectivity index (χ1v) is 15.0. The first-order valence-electron chi connectivity index (χ1n) is 11.2. The number of carboxylic acid groups (broad SMARTS) is 1. The summed E-state index contributed by atoms with van der Waals surface area (Å²) < 4.78 is 11.2. The zero-order valence-electron chi connectivity index (χ0n) is 21.5. The third-order valence-corrected chi connectivity index (χ3v) is 10.9. The van der Waals surface area contributed by atoms with Gasteiger partial charge in [-0.15, -0.1) is 11.3 Å². The maximum atomic E-state index is 12.7. The van der Waals surface area contributed by atoms with E-state index in [2.05, 4.69) is 36.4 Å². The van der Waals surface area contributed by atoms with Gasteiger partial charge < -0.3 is 19.6 Å². The van der Waals surface area contributed by atoms with E-state index in [1.807, 2.05) is 13.1 Å². The number of aliphatic carboxylic acids is 1. The van der Waals surface area contributed by atoms with Gasteiger partial charge in [0.05, 0.1) is 6.61 Å². The van der Waals surface area contributed by atoms with Crippen molar-refractivity contribution < 1.29 is 28.7 Å². The lowest BCUT2D eigenvalue weighted by atomic mass is 10.2. The molecule has 2 rings (SSSR count). The molecule has 1 atom stereocenters. The molecule has 0 radical (unpaired) electrons. The average molecular weight is 522 g/mol. The van der Waals surface area contributed by atoms with E-state index in [9.17, 15) is 19.5 Å². The van der Waals surface area contributed by atoms with Crippen molar-refractivity contribution in [2.75, 3.05) is 11.9 Å². The summed E-state index contributed by atoms with van der Waals surface area (Å²) in [6, 6.07) is 5.76. The number of benzene rings is 1. The number of anilines is 1. The Morgan fingerprint density at radius 3 is 2.20 bits per heavy atom. The maximum absolute atomic E-state index is 12.7. The van der Waals surface area contributed by atoms with Crippen molar-refractivity contribution in [3.63, 3.8) is 0 Å². The number of nitrogens with one attached hydrogen (secondary N) is 2. The Bertz CT molecular complexity index is 1050. The highest BCUT2D eigenvalue weighted by molar-refractivity contribution is 7.13. The Morgan fingerprint density at radius 2 is 1.69 bits per heavy atom. The van der Waals surface area contributed by atoms with Gasteiger partial charge in [-0.3, -0.25) is 10.1 Å². The van der Waals surface area contributed by atoms with Crippen LogP contribution in [0.4, 0.5) is 10.5 Å². The molecule has 0 aliphatic carbocycles. The molecule has 0 spiro atoms. The molecule has 1 aromatic heterocycles. The van der Waals surface area contributed by atoms with E-state index in [0.29, 0.717) is 10.7 Å². The van der Waals surface area contributed by atoms with Gasteiger partial charge in [0.15, 0.2) is 8.32 Å². The van der Waals surface area contributed by atoms with Gasteiger partial charge in [0.1, 0.15) is 22.3 Å². The number of hydrogen-bond donors (Lipinski definition) is 3. The van der Waals surface area contributed by atoms with E-state index < -0.39 is 37.9 Å². The minimum absolute atomic E-state index is 0.0815. The molecule has 0 saturated carbocycles. The van der Waals surface area contributed by atoms with E-state index in [4.69, 9.17) is 9.16 Å². The molecule has 2 amide bonds. The zero-order valence-corrected chi connectivity index (χ0v) is 23.3. The highest BCUT2D eigenvalue weighted by atomic mass is 32.1. The van der Waals surface area contributed by atoms with Gasteiger partial charge in [-0.1, -0.05) is 20.8 Å². The predicted molar refractivity (Wildman–Crippen MR) is 139 cm³/mol. The van der Waals surface area contributed by atoms with Gasteiger partial charge in [-0.25, -0.2) is 14.6 Å². The van der Waals surface area contributed by atoms with E-state index in [1.54, 1.807) is 50.4 Å². The average Bonchev–Trinajstić information content (AvgIpc) is 3.19. The lowest BCUT2D eigenvalue weighted by Gasteiger charge is -2.36. The summed E-state index contributed by atoms with van der Waals surface area (Å²) in [6.45, 7) is 15.5. The van der Waals surface area contributed by atoms with Crippen LogP contribution in [0.5, 0.6) is 0 Å². The molecule has 192 valence electrons. The van der Waals surface area contributed by atoms with Crippen LogP contribution in [0.2, 0.25) is 18.1 Å². The fraction of sp³-hybridized carbons (Fsp3) is 0.500. The molecule has 0 saturated heterocycles. The predicted octanol–water partition coefficient (Wildman–Crippen LogP) is 5.36. The number of hydrogen-bond acceptors (Lipinski definition) is 7. The molecule has 0 aliphatic rings. The minimum Gasteiger partial charge on any atom is -0.480 e. The number of carboxylic acids is 1.